The van der Waals surface area contributed by atoms with Crippen molar-refractivity contribution in [3.05, 3.63) is 30.3 Å². The fourth-order valence-corrected chi connectivity index (χ4v) is 2.21. The molecule has 0 bridgehead atoms. The lowest BCUT2D eigenvalue weighted by Crippen LogP contribution is -2.59. The van der Waals surface area contributed by atoms with Gasteiger partial charge in [0.15, 0.2) is 0 Å². The topological polar surface area (TPSA) is 44.4 Å². The van der Waals surface area contributed by atoms with Gasteiger partial charge >= 0.3 is 0 Å². The number of rotatable bonds is 3. The number of hydrogen-bond donors (Lipinski definition) is 2. The van der Waals surface area contributed by atoms with Gasteiger partial charge in [0.1, 0.15) is 0 Å². The van der Waals surface area contributed by atoms with Crippen LogP contribution in [0.2, 0.25) is 0 Å². The number of piperazine rings is 1. The first-order valence-electron chi connectivity index (χ1n) is 6.39. The molecule has 1 aliphatic rings. The number of hydrogen-bond acceptors (Lipinski definition) is 3. The van der Waals surface area contributed by atoms with E-state index in [2.05, 4.69) is 29.4 Å². The second-order valence-electron chi connectivity index (χ2n) is 5.32. The Hall–Kier alpha value is -1.39. The van der Waals surface area contributed by atoms with Crippen LogP contribution in [0.25, 0.3) is 0 Å². The Bertz CT molecular complexity index is 403. The van der Waals surface area contributed by atoms with E-state index in [4.69, 9.17) is 0 Å². The van der Waals surface area contributed by atoms with Crippen LogP contribution in [0, 0.1) is 0 Å². The molecule has 0 spiro atoms. The quantitative estimate of drug-likeness (QED) is 0.846. The first kappa shape index (κ1) is 13.1. The maximum atomic E-state index is 12.0. The summed E-state index contributed by atoms with van der Waals surface area (Å²) in [7, 11) is 0. The number of nitrogens with zero attached hydrogens (tertiary/aromatic N) is 1. The molecule has 1 saturated heterocycles. The summed E-state index contributed by atoms with van der Waals surface area (Å²) in [5.41, 5.74) is 0.891. The third-order valence-electron chi connectivity index (χ3n) is 3.36. The van der Waals surface area contributed by atoms with Gasteiger partial charge < -0.3 is 10.6 Å². The van der Waals surface area contributed by atoms with Gasteiger partial charge in [0, 0.05) is 30.9 Å². The fraction of sp³-hybridized carbons (Fsp3) is 0.500. The van der Waals surface area contributed by atoms with Gasteiger partial charge in [0.05, 0.1) is 6.54 Å². The van der Waals surface area contributed by atoms with Crippen LogP contribution >= 0.6 is 0 Å². The molecule has 0 radical (unpaired) electrons. The summed E-state index contributed by atoms with van der Waals surface area (Å²) in [6, 6.07) is 9.59. The average Bonchev–Trinajstić information content (AvgIpc) is 2.33. The minimum atomic E-state index is 0.0340. The number of amides is 1. The Balaban J connectivity index is 1.91. The number of benzene rings is 1. The minimum absolute atomic E-state index is 0.0340. The maximum Gasteiger partial charge on any atom is 0.238 e. The second kappa shape index (κ2) is 5.50. The predicted molar refractivity (Wildman–Crippen MR) is 73.6 cm³/mol. The molecule has 0 atom stereocenters. The Morgan fingerprint density at radius 3 is 2.78 bits per heavy atom. The number of carbonyl (C=O) groups is 1. The molecule has 18 heavy (non-hydrogen) atoms. The Labute approximate surface area is 108 Å². The lowest BCUT2D eigenvalue weighted by Gasteiger charge is -2.42. The molecule has 1 fully saturated rings. The van der Waals surface area contributed by atoms with Gasteiger partial charge in [-0.15, -0.1) is 0 Å². The molecule has 98 valence electrons. The number of anilines is 1. The van der Waals surface area contributed by atoms with Crippen LogP contribution in [-0.2, 0) is 4.79 Å². The van der Waals surface area contributed by atoms with Gasteiger partial charge in [0.25, 0.3) is 0 Å². The zero-order chi connectivity index (χ0) is 13.0. The summed E-state index contributed by atoms with van der Waals surface area (Å²) >= 11 is 0. The van der Waals surface area contributed by atoms with Crippen molar-refractivity contribution in [1.29, 1.82) is 0 Å². The van der Waals surface area contributed by atoms with E-state index < -0.39 is 0 Å². The van der Waals surface area contributed by atoms with E-state index in [-0.39, 0.29) is 11.4 Å². The third kappa shape index (κ3) is 3.31. The van der Waals surface area contributed by atoms with Crippen LogP contribution < -0.4 is 10.6 Å². The number of carbonyl (C=O) groups excluding carboxylic acids is 1. The normalized spacial score (nSPS) is 19.4. The van der Waals surface area contributed by atoms with Crippen molar-refractivity contribution < 1.29 is 4.79 Å². The van der Waals surface area contributed by atoms with E-state index >= 15 is 0 Å². The van der Waals surface area contributed by atoms with E-state index in [1.807, 2.05) is 30.3 Å². The third-order valence-corrected chi connectivity index (χ3v) is 3.36. The molecule has 1 aliphatic heterocycles. The Morgan fingerprint density at radius 1 is 1.39 bits per heavy atom. The summed E-state index contributed by atoms with van der Waals surface area (Å²) in [5, 5.41) is 6.28. The van der Waals surface area contributed by atoms with E-state index in [1.54, 1.807) is 0 Å². The second-order valence-corrected chi connectivity index (χ2v) is 5.32. The van der Waals surface area contributed by atoms with Gasteiger partial charge in [-0.2, -0.15) is 0 Å². The molecule has 0 aromatic heterocycles. The monoisotopic (exact) mass is 247 g/mol. The van der Waals surface area contributed by atoms with Crippen LogP contribution in [0.15, 0.2) is 30.3 Å². The molecule has 1 aromatic carbocycles. The zero-order valence-corrected chi connectivity index (χ0v) is 11.1. The van der Waals surface area contributed by atoms with E-state index in [0.717, 1.165) is 25.3 Å². The fourth-order valence-electron chi connectivity index (χ4n) is 2.21. The summed E-state index contributed by atoms with van der Waals surface area (Å²) in [6.45, 7) is 7.55. The van der Waals surface area contributed by atoms with Crippen LogP contribution in [0.4, 0.5) is 5.69 Å². The molecule has 4 nitrogen and oxygen atoms in total. The molecule has 0 unspecified atom stereocenters. The lowest BCUT2D eigenvalue weighted by atomic mass is 10.0. The highest BCUT2D eigenvalue weighted by molar-refractivity contribution is 5.92. The van der Waals surface area contributed by atoms with Gasteiger partial charge in [-0.3, -0.25) is 9.69 Å². The van der Waals surface area contributed by atoms with Gasteiger partial charge in [-0.05, 0) is 26.0 Å². The minimum Gasteiger partial charge on any atom is -0.325 e. The standard InChI is InChI=1S/C14H21N3O/c1-14(2)11-15-8-9-17(14)10-13(18)16-12-6-4-3-5-7-12/h3-7,15H,8-11H2,1-2H3,(H,16,18). The first-order valence-corrected chi connectivity index (χ1v) is 6.39. The van der Waals surface area contributed by atoms with Crippen molar-refractivity contribution in [2.75, 3.05) is 31.5 Å². The van der Waals surface area contributed by atoms with Gasteiger partial charge in [0.2, 0.25) is 5.91 Å². The summed E-state index contributed by atoms with van der Waals surface area (Å²) in [4.78, 5) is 14.2. The zero-order valence-electron chi connectivity index (χ0n) is 11.1. The van der Waals surface area contributed by atoms with Crippen molar-refractivity contribution in [3.63, 3.8) is 0 Å². The predicted octanol–water partition coefficient (Wildman–Crippen LogP) is 1.31. The van der Waals surface area contributed by atoms with Gasteiger partial charge in [-0.25, -0.2) is 0 Å². The Kier molecular flexibility index (Phi) is 3.99. The van der Waals surface area contributed by atoms with Crippen molar-refractivity contribution in [3.8, 4) is 0 Å². The van der Waals surface area contributed by atoms with Crippen molar-refractivity contribution >= 4 is 11.6 Å². The lowest BCUT2D eigenvalue weighted by molar-refractivity contribution is -0.119. The molecule has 1 heterocycles. The maximum absolute atomic E-state index is 12.0. The van der Waals surface area contributed by atoms with Crippen molar-refractivity contribution in [2.45, 2.75) is 19.4 Å². The van der Waals surface area contributed by atoms with Crippen molar-refractivity contribution in [2.24, 2.45) is 0 Å². The van der Waals surface area contributed by atoms with Gasteiger partial charge in [-0.1, -0.05) is 18.2 Å². The molecule has 4 heteroatoms. The van der Waals surface area contributed by atoms with Crippen LogP contribution in [0.1, 0.15) is 13.8 Å². The van der Waals surface area contributed by atoms with E-state index in [0.29, 0.717) is 6.54 Å². The number of para-hydroxylation sites is 1. The largest absolute Gasteiger partial charge is 0.325 e. The van der Waals surface area contributed by atoms with Crippen LogP contribution in [-0.4, -0.2) is 42.5 Å². The number of nitrogens with one attached hydrogen (secondary N) is 2. The molecule has 2 rings (SSSR count). The molecule has 2 N–H and O–H groups in total. The SMILES string of the molecule is CC1(C)CNCCN1CC(=O)Nc1ccccc1. The highest BCUT2D eigenvalue weighted by Gasteiger charge is 2.30. The Morgan fingerprint density at radius 2 is 2.11 bits per heavy atom. The molecular formula is C14H21N3O. The molecular weight excluding hydrogens is 226 g/mol. The highest BCUT2D eigenvalue weighted by atomic mass is 16.2. The highest BCUT2D eigenvalue weighted by Crippen LogP contribution is 2.16. The van der Waals surface area contributed by atoms with E-state index in [1.165, 1.54) is 0 Å². The van der Waals surface area contributed by atoms with E-state index in [9.17, 15) is 4.79 Å². The first-order chi connectivity index (χ1) is 8.58. The van der Waals surface area contributed by atoms with Crippen molar-refractivity contribution in [1.82, 2.24) is 10.2 Å². The summed E-state index contributed by atoms with van der Waals surface area (Å²) < 4.78 is 0. The average molecular weight is 247 g/mol. The summed E-state index contributed by atoms with van der Waals surface area (Å²) in [5.74, 6) is 0.0520. The molecule has 0 saturated carbocycles. The molecule has 0 aliphatic carbocycles. The van der Waals surface area contributed by atoms with Crippen LogP contribution in [0.3, 0.4) is 0 Å². The summed E-state index contributed by atoms with van der Waals surface area (Å²) in [6.07, 6.45) is 0. The van der Waals surface area contributed by atoms with Crippen LogP contribution in [0.5, 0.6) is 0 Å². The smallest absolute Gasteiger partial charge is 0.238 e. The molecule has 1 aromatic rings. The molecule has 1 amide bonds.